The number of aliphatic carboxylic acids is 1. The molecular formula is C11H18O2. The van der Waals surface area contributed by atoms with E-state index < -0.39 is 5.97 Å². The number of carbonyl (C=O) groups is 1. The lowest BCUT2D eigenvalue weighted by molar-refractivity contribution is -0.137. The third-order valence-electron chi connectivity index (χ3n) is 2.51. The fourth-order valence-electron chi connectivity index (χ4n) is 1.91. The lowest BCUT2D eigenvalue weighted by atomic mass is 9.91. The Hall–Kier alpha value is -0.790. The van der Waals surface area contributed by atoms with E-state index in [4.69, 9.17) is 5.11 Å². The Morgan fingerprint density at radius 2 is 2.08 bits per heavy atom. The van der Waals surface area contributed by atoms with Crippen LogP contribution in [-0.4, -0.2) is 11.1 Å². The Balaban J connectivity index is 2.38. The molecule has 1 atom stereocenters. The van der Waals surface area contributed by atoms with Crippen molar-refractivity contribution in [2.75, 3.05) is 0 Å². The molecule has 0 aromatic carbocycles. The van der Waals surface area contributed by atoms with Crippen LogP contribution in [0.2, 0.25) is 0 Å². The highest BCUT2D eigenvalue weighted by molar-refractivity contribution is 5.67. The van der Waals surface area contributed by atoms with Crippen molar-refractivity contribution in [2.45, 2.75) is 45.4 Å². The van der Waals surface area contributed by atoms with Gasteiger partial charge >= 0.3 is 5.97 Å². The van der Waals surface area contributed by atoms with Gasteiger partial charge in [-0.05, 0) is 31.6 Å². The molecule has 0 aliphatic heterocycles. The first-order valence-corrected chi connectivity index (χ1v) is 5.10. The molecule has 1 aliphatic rings. The highest BCUT2D eigenvalue weighted by Gasteiger charge is 2.09. The van der Waals surface area contributed by atoms with Gasteiger partial charge < -0.3 is 5.11 Å². The number of hydrogen-bond acceptors (Lipinski definition) is 1. The first-order chi connectivity index (χ1) is 6.18. The van der Waals surface area contributed by atoms with Gasteiger partial charge in [0.05, 0.1) is 6.42 Å². The average Bonchev–Trinajstić information content (AvgIpc) is 2.04. The van der Waals surface area contributed by atoms with Crippen molar-refractivity contribution >= 4 is 5.97 Å². The van der Waals surface area contributed by atoms with Gasteiger partial charge in [0.15, 0.2) is 0 Å². The molecule has 0 heterocycles. The van der Waals surface area contributed by atoms with Gasteiger partial charge in [-0.2, -0.15) is 0 Å². The van der Waals surface area contributed by atoms with Crippen LogP contribution < -0.4 is 0 Å². The van der Waals surface area contributed by atoms with Crippen LogP contribution in [0.3, 0.4) is 0 Å². The van der Waals surface area contributed by atoms with Crippen molar-refractivity contribution < 1.29 is 9.90 Å². The van der Waals surface area contributed by atoms with Crippen molar-refractivity contribution in [1.29, 1.82) is 0 Å². The van der Waals surface area contributed by atoms with Gasteiger partial charge in [-0.15, -0.1) is 0 Å². The van der Waals surface area contributed by atoms with Crippen molar-refractivity contribution in [3.63, 3.8) is 0 Å². The molecule has 1 saturated carbocycles. The lowest BCUT2D eigenvalue weighted by Gasteiger charge is -2.15. The zero-order valence-corrected chi connectivity index (χ0v) is 8.25. The minimum atomic E-state index is -0.694. The van der Waals surface area contributed by atoms with E-state index in [1.807, 2.05) is 6.92 Å². The first kappa shape index (κ1) is 10.3. The van der Waals surface area contributed by atoms with Crippen molar-refractivity contribution in [3.05, 3.63) is 11.6 Å². The molecule has 1 unspecified atom stereocenters. The van der Waals surface area contributed by atoms with Crippen LogP contribution in [0.1, 0.15) is 45.4 Å². The minimum absolute atomic E-state index is 0.200. The molecule has 0 bridgehead atoms. The van der Waals surface area contributed by atoms with E-state index >= 15 is 0 Å². The molecule has 1 N–H and O–H groups in total. The molecule has 2 nitrogen and oxygen atoms in total. The Labute approximate surface area is 79.6 Å². The standard InChI is InChI=1S/C11H18O2/c1-9(8-11(12)13)7-10-5-3-2-4-6-10/h7,9H,2-6,8H2,1H3,(H,12,13). The van der Waals surface area contributed by atoms with Gasteiger partial charge in [0.2, 0.25) is 0 Å². The van der Waals surface area contributed by atoms with Gasteiger partial charge in [-0.3, -0.25) is 4.79 Å². The first-order valence-electron chi connectivity index (χ1n) is 5.10. The van der Waals surface area contributed by atoms with Crippen LogP contribution in [0.5, 0.6) is 0 Å². The second-order valence-corrected chi connectivity index (χ2v) is 3.96. The number of carboxylic acid groups (broad SMARTS) is 1. The molecule has 0 aromatic rings. The molecule has 1 rings (SSSR count). The van der Waals surface area contributed by atoms with E-state index in [0.717, 1.165) is 0 Å². The molecule has 0 radical (unpaired) electrons. The smallest absolute Gasteiger partial charge is 0.303 e. The van der Waals surface area contributed by atoms with Crippen molar-refractivity contribution in [1.82, 2.24) is 0 Å². The maximum absolute atomic E-state index is 10.4. The summed E-state index contributed by atoms with van der Waals surface area (Å²) in [5.41, 5.74) is 1.47. The molecule has 1 fully saturated rings. The highest BCUT2D eigenvalue weighted by atomic mass is 16.4. The van der Waals surface area contributed by atoms with E-state index in [9.17, 15) is 4.79 Å². The summed E-state index contributed by atoms with van der Waals surface area (Å²) in [6, 6.07) is 0. The van der Waals surface area contributed by atoms with Crippen LogP contribution in [-0.2, 0) is 4.79 Å². The van der Waals surface area contributed by atoms with Crippen LogP contribution in [0.25, 0.3) is 0 Å². The molecule has 0 amide bonds. The molecule has 2 heteroatoms. The normalized spacial score (nSPS) is 19.6. The molecule has 0 spiro atoms. The molecular weight excluding hydrogens is 164 g/mol. The molecule has 0 aromatic heterocycles. The topological polar surface area (TPSA) is 37.3 Å². The molecule has 13 heavy (non-hydrogen) atoms. The summed E-state index contributed by atoms with van der Waals surface area (Å²) in [5.74, 6) is -0.495. The number of hydrogen-bond donors (Lipinski definition) is 1. The number of carboxylic acids is 1. The largest absolute Gasteiger partial charge is 0.481 e. The van der Waals surface area contributed by atoms with Crippen LogP contribution >= 0.6 is 0 Å². The SMILES string of the molecule is CC(C=C1CCCCC1)CC(=O)O. The minimum Gasteiger partial charge on any atom is -0.481 e. The summed E-state index contributed by atoms with van der Waals surface area (Å²) < 4.78 is 0. The lowest BCUT2D eigenvalue weighted by Crippen LogP contribution is -2.03. The molecule has 0 saturated heterocycles. The van der Waals surface area contributed by atoms with Gasteiger partial charge in [-0.25, -0.2) is 0 Å². The average molecular weight is 182 g/mol. The predicted octanol–water partition coefficient (Wildman–Crippen LogP) is 2.99. The summed E-state index contributed by atoms with van der Waals surface area (Å²) in [6.45, 7) is 1.98. The zero-order chi connectivity index (χ0) is 9.68. The van der Waals surface area contributed by atoms with E-state index in [-0.39, 0.29) is 12.3 Å². The fourth-order valence-corrected chi connectivity index (χ4v) is 1.91. The third kappa shape index (κ3) is 4.11. The number of allylic oxidation sites excluding steroid dienone is 2. The second-order valence-electron chi connectivity index (χ2n) is 3.96. The summed E-state index contributed by atoms with van der Waals surface area (Å²) >= 11 is 0. The van der Waals surface area contributed by atoms with Gasteiger partial charge in [-0.1, -0.05) is 25.0 Å². The second kappa shape index (κ2) is 5.05. The maximum Gasteiger partial charge on any atom is 0.303 e. The monoisotopic (exact) mass is 182 g/mol. The van der Waals surface area contributed by atoms with Crippen molar-refractivity contribution in [3.8, 4) is 0 Å². The summed E-state index contributed by atoms with van der Waals surface area (Å²) in [4.78, 5) is 10.4. The summed E-state index contributed by atoms with van der Waals surface area (Å²) in [7, 11) is 0. The summed E-state index contributed by atoms with van der Waals surface area (Å²) in [6.07, 6.45) is 8.70. The Kier molecular flexibility index (Phi) is 4.00. The van der Waals surface area contributed by atoms with E-state index in [2.05, 4.69) is 6.08 Å². The zero-order valence-electron chi connectivity index (χ0n) is 8.25. The predicted molar refractivity (Wildman–Crippen MR) is 52.6 cm³/mol. The Bertz CT molecular complexity index is 198. The van der Waals surface area contributed by atoms with Crippen molar-refractivity contribution in [2.24, 2.45) is 5.92 Å². The Morgan fingerprint density at radius 3 is 2.62 bits per heavy atom. The maximum atomic E-state index is 10.4. The third-order valence-corrected chi connectivity index (χ3v) is 2.51. The fraction of sp³-hybridized carbons (Fsp3) is 0.727. The van der Waals surface area contributed by atoms with Crippen LogP contribution in [0.4, 0.5) is 0 Å². The van der Waals surface area contributed by atoms with Crippen LogP contribution in [0, 0.1) is 5.92 Å². The van der Waals surface area contributed by atoms with E-state index in [0.29, 0.717) is 0 Å². The Morgan fingerprint density at radius 1 is 1.46 bits per heavy atom. The summed E-state index contributed by atoms with van der Waals surface area (Å²) in [5, 5.41) is 8.58. The van der Waals surface area contributed by atoms with Crippen LogP contribution in [0.15, 0.2) is 11.6 Å². The van der Waals surface area contributed by atoms with E-state index in [1.165, 1.54) is 37.7 Å². The highest BCUT2D eigenvalue weighted by Crippen LogP contribution is 2.24. The molecule has 1 aliphatic carbocycles. The number of rotatable bonds is 3. The van der Waals surface area contributed by atoms with Gasteiger partial charge in [0.25, 0.3) is 0 Å². The molecule has 74 valence electrons. The quantitative estimate of drug-likeness (QED) is 0.681. The van der Waals surface area contributed by atoms with Gasteiger partial charge in [0.1, 0.15) is 0 Å². The van der Waals surface area contributed by atoms with E-state index in [1.54, 1.807) is 0 Å². The van der Waals surface area contributed by atoms with Gasteiger partial charge in [0, 0.05) is 0 Å².